The van der Waals surface area contributed by atoms with Crippen LogP contribution in [0.5, 0.6) is 5.75 Å². The lowest BCUT2D eigenvalue weighted by atomic mass is 10.0. The molecule has 470 valence electrons. The third-order valence-electron chi connectivity index (χ3n) is 11.9. The number of carbonyl (C=O) groups excluding carboxylic acids is 13. The smallest absolute Gasteiger partial charge is 0.305 e. The Bertz CT molecular complexity index is 2620. The van der Waals surface area contributed by atoms with Crippen molar-refractivity contribution in [1.82, 2.24) is 63.4 Å². The first-order chi connectivity index (χ1) is 40.1. The number of rotatable bonds is 37. The normalized spacial score (nSPS) is 14.5. The summed E-state index contributed by atoms with van der Waals surface area (Å²) >= 11 is 4.10. The number of hydrogen-bond donors (Lipinski definition) is 20. The summed E-state index contributed by atoms with van der Waals surface area (Å²) in [7, 11) is 0. The molecule has 36 nitrogen and oxygen atoms in total. The van der Waals surface area contributed by atoms with Gasteiger partial charge in [-0.25, -0.2) is 0 Å². The molecule has 1 fully saturated rings. The van der Waals surface area contributed by atoms with Crippen LogP contribution in [-0.4, -0.2) is 222 Å². The van der Waals surface area contributed by atoms with Crippen LogP contribution >= 0.6 is 12.6 Å². The van der Waals surface area contributed by atoms with Crippen molar-refractivity contribution in [1.29, 1.82) is 0 Å². The summed E-state index contributed by atoms with van der Waals surface area (Å²) < 4.78 is 0. The number of carbonyl (C=O) groups is 14. The number of nitrogens with two attached hydrogens (primary N) is 5. The molecule has 24 N–H and O–H groups in total. The highest BCUT2D eigenvalue weighted by Crippen LogP contribution is 2.19. The Morgan fingerprint density at radius 3 is 1.51 bits per heavy atom. The predicted molar refractivity (Wildman–Crippen MR) is 301 cm³/mol. The molecule has 13 amide bonds. The van der Waals surface area contributed by atoms with Gasteiger partial charge in [0.1, 0.15) is 48.0 Å². The van der Waals surface area contributed by atoms with E-state index in [0.29, 0.717) is 12.0 Å². The third-order valence-corrected chi connectivity index (χ3v) is 12.3. The second kappa shape index (κ2) is 37.5. The Morgan fingerprint density at radius 2 is 1.04 bits per heavy atom. The van der Waals surface area contributed by atoms with Crippen molar-refractivity contribution >= 4 is 107 Å². The van der Waals surface area contributed by atoms with Crippen molar-refractivity contribution in [2.75, 3.05) is 64.7 Å². The highest BCUT2D eigenvalue weighted by atomic mass is 32.1. The highest BCUT2D eigenvalue weighted by Gasteiger charge is 2.39. The van der Waals surface area contributed by atoms with Gasteiger partial charge in [0.2, 0.25) is 76.8 Å². The molecule has 0 aromatic heterocycles. The fourth-order valence-corrected chi connectivity index (χ4v) is 8.04. The first-order valence-electron chi connectivity index (χ1n) is 26.2. The number of hydrogen-bond acceptors (Lipinski definition) is 19. The summed E-state index contributed by atoms with van der Waals surface area (Å²) in [6.45, 7) is -3.36. The van der Waals surface area contributed by atoms with Gasteiger partial charge in [0.15, 0.2) is 11.9 Å². The first-order valence-corrected chi connectivity index (χ1v) is 26.8. The van der Waals surface area contributed by atoms with Crippen LogP contribution in [0.2, 0.25) is 0 Å². The summed E-state index contributed by atoms with van der Waals surface area (Å²) in [5, 5.41) is 54.9. The van der Waals surface area contributed by atoms with Gasteiger partial charge in [0.25, 0.3) is 0 Å². The van der Waals surface area contributed by atoms with Gasteiger partial charge in [-0.2, -0.15) is 12.6 Å². The van der Waals surface area contributed by atoms with Crippen LogP contribution in [0.15, 0.2) is 34.3 Å². The number of aliphatic carboxylic acids is 1. The van der Waals surface area contributed by atoms with E-state index >= 15 is 0 Å². The number of amides is 13. The number of carboxylic acid groups (broad SMARTS) is 1. The fourth-order valence-electron chi connectivity index (χ4n) is 7.78. The zero-order valence-corrected chi connectivity index (χ0v) is 47.2. The van der Waals surface area contributed by atoms with E-state index in [0.717, 1.165) is 4.90 Å². The van der Waals surface area contributed by atoms with Gasteiger partial charge in [-0.15, -0.1) is 0 Å². The molecule has 7 atom stereocenters. The number of thiol groups is 1. The largest absolute Gasteiger partial charge is 0.508 e. The van der Waals surface area contributed by atoms with E-state index in [1.165, 1.54) is 31.2 Å². The van der Waals surface area contributed by atoms with Crippen LogP contribution in [0.25, 0.3) is 0 Å². The minimum atomic E-state index is -1.90. The average Bonchev–Trinajstić information content (AvgIpc) is 4.22. The molecule has 1 aliphatic heterocycles. The van der Waals surface area contributed by atoms with E-state index < -0.39 is 171 Å². The maximum Gasteiger partial charge on any atom is 0.305 e. The summed E-state index contributed by atoms with van der Waals surface area (Å²) in [6, 6.07) is -4.82. The second-order valence-corrected chi connectivity index (χ2v) is 19.1. The Balaban J connectivity index is 2.20. The molecular formula is C48H75N19O17S. The SMILES string of the molecule is CC(=O)NCC(=O)N[C@@H](CS)C(=O)N[C@@H](CCCN=C(N)N)C(=O)NCC(=O)N[C@@H](Cc1ccc(O)cc1)C(=O)NCC(=O)N[C@@H](CCCN=C(N)N)C(=O)NCC(=O)N[C@@H](CC(=O)O)C(=O)N[C@@H](CO)C(=O)N1CCC[C@H]1C(=O)NCC(N)=O. The van der Waals surface area contributed by atoms with Gasteiger partial charge < -0.3 is 107 Å². The van der Waals surface area contributed by atoms with Gasteiger partial charge in [-0.05, 0) is 56.2 Å². The van der Waals surface area contributed by atoms with Gasteiger partial charge in [-0.1, -0.05) is 12.1 Å². The molecule has 37 heteroatoms. The van der Waals surface area contributed by atoms with Gasteiger partial charge in [0, 0.05) is 38.7 Å². The number of carboxylic acids is 1. The molecule has 0 radical (unpaired) electrons. The van der Waals surface area contributed by atoms with Crippen LogP contribution in [0.3, 0.4) is 0 Å². The number of benzene rings is 1. The summed E-state index contributed by atoms with van der Waals surface area (Å²) in [4.78, 5) is 188. The molecule has 1 aromatic rings. The van der Waals surface area contributed by atoms with E-state index in [1.807, 2.05) is 0 Å². The van der Waals surface area contributed by atoms with Crippen LogP contribution in [-0.2, 0) is 73.5 Å². The van der Waals surface area contributed by atoms with E-state index in [2.05, 4.69) is 81.1 Å². The van der Waals surface area contributed by atoms with Crippen molar-refractivity contribution in [3.05, 3.63) is 29.8 Å². The van der Waals surface area contributed by atoms with E-state index in [-0.39, 0.29) is 81.6 Å². The quantitative estimate of drug-likeness (QED) is 0.0127. The number of nitrogens with one attached hydrogen (secondary N) is 11. The third kappa shape index (κ3) is 28.3. The molecule has 1 heterocycles. The number of likely N-dealkylation sites (tertiary alicyclic amines) is 1. The lowest BCUT2D eigenvalue weighted by Crippen LogP contribution is -2.58. The molecule has 85 heavy (non-hydrogen) atoms. The Morgan fingerprint density at radius 1 is 0.588 bits per heavy atom. The summed E-state index contributed by atoms with van der Waals surface area (Å²) in [5.74, 6) is -14.3. The van der Waals surface area contributed by atoms with Crippen molar-refractivity contribution in [3.8, 4) is 5.75 Å². The Hall–Kier alpha value is -9.55. The van der Waals surface area contributed by atoms with Crippen molar-refractivity contribution in [2.45, 2.75) is 101 Å². The van der Waals surface area contributed by atoms with Crippen LogP contribution in [0.1, 0.15) is 57.4 Å². The molecule has 0 spiro atoms. The number of phenols is 1. The fraction of sp³-hybridized carbons (Fsp3) is 0.542. The molecule has 0 bridgehead atoms. The van der Waals surface area contributed by atoms with Crippen molar-refractivity contribution < 1.29 is 82.4 Å². The Labute approximate surface area is 491 Å². The number of aliphatic imine (C=N–C) groups is 2. The van der Waals surface area contributed by atoms with Crippen molar-refractivity contribution in [3.63, 3.8) is 0 Å². The molecule has 2 rings (SSSR count). The maximum absolute atomic E-state index is 13.7. The zero-order chi connectivity index (χ0) is 63.8. The maximum atomic E-state index is 13.7. The second-order valence-electron chi connectivity index (χ2n) is 18.8. The van der Waals surface area contributed by atoms with Crippen LogP contribution in [0, 0.1) is 0 Å². The number of aliphatic hydroxyl groups excluding tert-OH is 1. The number of phenolic OH excluding ortho intramolecular Hbond substituents is 1. The van der Waals surface area contributed by atoms with Crippen LogP contribution < -0.4 is 87.2 Å². The molecule has 1 saturated heterocycles. The lowest BCUT2D eigenvalue weighted by Gasteiger charge is -2.28. The number of guanidine groups is 2. The van der Waals surface area contributed by atoms with E-state index in [1.54, 1.807) is 0 Å². The average molecular weight is 1220 g/mol. The summed E-state index contributed by atoms with van der Waals surface area (Å²) in [6.07, 6.45) is -0.885. The number of aliphatic hydroxyl groups is 1. The number of primary amides is 1. The molecule has 1 aliphatic rings. The number of aromatic hydroxyl groups is 1. The molecule has 0 saturated carbocycles. The van der Waals surface area contributed by atoms with Crippen LogP contribution in [0.4, 0.5) is 0 Å². The lowest BCUT2D eigenvalue weighted by molar-refractivity contribution is -0.144. The minimum Gasteiger partial charge on any atom is -0.508 e. The van der Waals surface area contributed by atoms with E-state index in [4.69, 9.17) is 28.7 Å². The van der Waals surface area contributed by atoms with Gasteiger partial charge in [-0.3, -0.25) is 77.1 Å². The van der Waals surface area contributed by atoms with Gasteiger partial charge in [0.05, 0.1) is 45.8 Å². The van der Waals surface area contributed by atoms with Crippen molar-refractivity contribution in [2.24, 2.45) is 38.7 Å². The summed E-state index contributed by atoms with van der Waals surface area (Å²) in [5.41, 5.74) is 27.1. The predicted octanol–water partition coefficient (Wildman–Crippen LogP) is -10.6. The standard InChI is InChI=1S/C48H75N19O17S/c1-24(69)56-18-35(72)64-32(23-85)44(82)65-28(6-3-13-55-48(52)53)41(79)59-20-37(74)62-29(15-25-8-10-26(70)11-9-25)42(80)60-19-36(73)61-27(5-2-12-54-47(50)51)40(78)58-21-38(75)63-30(16-39(76)77)43(81)66-31(22-68)46(84)67-14-4-7-33(67)45(83)57-17-34(49)71/h8-11,27-33,68,70,85H,2-7,12-23H2,1H3,(H2,49,71)(H,56,69)(H,57,83)(H,58,78)(H,59,79)(H,60,80)(H,61,73)(H,62,74)(H,63,75)(H,64,72)(H,65,82)(H,66,81)(H,76,77)(H4,50,51,54)(H4,52,53,55)/t27-,28-,29-,30-,31-,32-,33-/m0/s1. The van der Waals surface area contributed by atoms with Gasteiger partial charge >= 0.3 is 5.97 Å². The Kier molecular flexibility index (Phi) is 31.6. The molecule has 0 unspecified atom stereocenters. The highest BCUT2D eigenvalue weighted by molar-refractivity contribution is 7.80. The molecule has 1 aromatic carbocycles. The zero-order valence-electron chi connectivity index (χ0n) is 46.3. The molecular weight excluding hydrogens is 1150 g/mol. The first kappa shape index (κ1) is 71.6. The number of nitrogens with zero attached hydrogens (tertiary/aromatic N) is 3. The topological polar surface area (TPSA) is 590 Å². The monoisotopic (exact) mass is 1220 g/mol. The molecule has 0 aliphatic carbocycles. The minimum absolute atomic E-state index is 0.0152. The van der Waals surface area contributed by atoms with E-state index in [9.17, 15) is 82.4 Å².